The molecule has 6 rings (SSSR count). The van der Waals surface area contributed by atoms with Crippen LogP contribution in [0.5, 0.6) is 11.5 Å². The predicted octanol–water partition coefficient (Wildman–Crippen LogP) is 7.84. The lowest BCUT2D eigenvalue weighted by atomic mass is 9.84. The number of fused-ring (bicyclic) bond motifs is 1. The van der Waals surface area contributed by atoms with Crippen LogP contribution < -0.4 is 19.3 Å². The minimum atomic E-state index is -0.328. The SMILES string of the molecule is COc1cc2c(cc1OC(C)C)[C@H](c1ccc(Cl)cc1)N(c1ccc(N(C)C[C@H]3CC[C@H](N4CCN(C(C)C)CC4)CC3)cc1)C(=O)C2. The number of halogens is 1. The number of carbonyl (C=O) groups excluding carboxylic acids is 1. The second kappa shape index (κ2) is 15.1. The van der Waals surface area contributed by atoms with E-state index in [9.17, 15) is 4.79 Å². The van der Waals surface area contributed by atoms with Gasteiger partial charge in [-0.2, -0.15) is 0 Å². The van der Waals surface area contributed by atoms with Gasteiger partial charge >= 0.3 is 0 Å². The first-order valence-electron chi connectivity index (χ1n) is 17.9. The van der Waals surface area contributed by atoms with Crippen LogP contribution in [0.4, 0.5) is 11.4 Å². The van der Waals surface area contributed by atoms with Gasteiger partial charge in [0, 0.05) is 68.3 Å². The van der Waals surface area contributed by atoms with E-state index in [2.05, 4.69) is 65.9 Å². The second-order valence-electron chi connectivity index (χ2n) is 14.5. The summed E-state index contributed by atoms with van der Waals surface area (Å²) in [5.41, 5.74) is 5.03. The van der Waals surface area contributed by atoms with Crippen molar-refractivity contribution in [2.24, 2.45) is 5.92 Å². The van der Waals surface area contributed by atoms with Crippen LogP contribution in [0.1, 0.15) is 76.1 Å². The van der Waals surface area contributed by atoms with Gasteiger partial charge in [0.1, 0.15) is 0 Å². The molecule has 3 aromatic rings. The third-order valence-electron chi connectivity index (χ3n) is 10.6. The zero-order valence-corrected chi connectivity index (χ0v) is 30.4. The minimum absolute atomic E-state index is 0.0162. The molecule has 1 amide bonds. The molecule has 0 radical (unpaired) electrons. The van der Waals surface area contributed by atoms with Crippen LogP contribution in [0.15, 0.2) is 60.7 Å². The highest BCUT2D eigenvalue weighted by molar-refractivity contribution is 6.30. The molecule has 48 heavy (non-hydrogen) atoms. The maximum Gasteiger partial charge on any atom is 0.232 e. The third kappa shape index (κ3) is 7.64. The van der Waals surface area contributed by atoms with E-state index >= 15 is 0 Å². The summed E-state index contributed by atoms with van der Waals surface area (Å²) < 4.78 is 11.8. The van der Waals surface area contributed by atoms with E-state index < -0.39 is 0 Å². The average molecular weight is 673 g/mol. The second-order valence-corrected chi connectivity index (χ2v) is 14.9. The largest absolute Gasteiger partial charge is 0.493 e. The lowest BCUT2D eigenvalue weighted by Crippen LogP contribution is -2.52. The molecule has 1 saturated carbocycles. The molecule has 2 fully saturated rings. The number of anilines is 2. The van der Waals surface area contributed by atoms with Crippen LogP contribution >= 0.6 is 11.6 Å². The lowest BCUT2D eigenvalue weighted by molar-refractivity contribution is -0.118. The molecule has 0 bridgehead atoms. The maximum atomic E-state index is 14.0. The number of methoxy groups -OCH3 is 1. The van der Waals surface area contributed by atoms with E-state index in [1.54, 1.807) is 7.11 Å². The first kappa shape index (κ1) is 34.6. The summed E-state index contributed by atoms with van der Waals surface area (Å²) in [7, 11) is 3.84. The fourth-order valence-electron chi connectivity index (χ4n) is 8.00. The number of piperazine rings is 1. The summed E-state index contributed by atoms with van der Waals surface area (Å²) >= 11 is 6.30. The molecular weight excluding hydrogens is 620 g/mol. The van der Waals surface area contributed by atoms with E-state index in [0.717, 1.165) is 35.0 Å². The topological polar surface area (TPSA) is 48.5 Å². The number of rotatable bonds is 10. The van der Waals surface area contributed by atoms with Gasteiger partial charge in [-0.05, 0) is 125 Å². The van der Waals surface area contributed by atoms with Gasteiger partial charge in [-0.3, -0.25) is 14.6 Å². The van der Waals surface area contributed by atoms with E-state index in [1.165, 1.54) is 57.5 Å². The van der Waals surface area contributed by atoms with Crippen LogP contribution in [0.25, 0.3) is 0 Å². The molecule has 0 N–H and O–H groups in total. The number of amides is 1. The Morgan fingerprint density at radius 1 is 0.875 bits per heavy atom. The highest BCUT2D eigenvalue weighted by atomic mass is 35.5. The Morgan fingerprint density at radius 3 is 2.15 bits per heavy atom. The Kier molecular flexibility index (Phi) is 10.9. The molecule has 1 saturated heterocycles. The van der Waals surface area contributed by atoms with Crippen molar-refractivity contribution in [3.63, 3.8) is 0 Å². The van der Waals surface area contributed by atoms with Crippen molar-refractivity contribution in [1.29, 1.82) is 0 Å². The molecule has 0 spiro atoms. The fraction of sp³-hybridized carbons (Fsp3) is 0.525. The number of carbonyl (C=O) groups is 1. The smallest absolute Gasteiger partial charge is 0.232 e. The Balaban J connectivity index is 1.17. The van der Waals surface area contributed by atoms with Crippen molar-refractivity contribution in [3.05, 3.63) is 82.4 Å². The number of benzene rings is 3. The third-order valence-corrected chi connectivity index (χ3v) is 10.9. The van der Waals surface area contributed by atoms with Gasteiger partial charge in [-0.15, -0.1) is 0 Å². The Bertz CT molecular complexity index is 1530. The zero-order valence-electron chi connectivity index (χ0n) is 29.6. The van der Waals surface area contributed by atoms with Crippen LogP contribution in [-0.4, -0.2) is 80.8 Å². The Morgan fingerprint density at radius 2 is 1.54 bits per heavy atom. The van der Waals surface area contributed by atoms with Gasteiger partial charge in [-0.25, -0.2) is 0 Å². The molecule has 3 aromatic carbocycles. The number of nitrogens with zero attached hydrogens (tertiary/aromatic N) is 4. The van der Waals surface area contributed by atoms with E-state index in [-0.39, 0.29) is 24.5 Å². The molecule has 2 aliphatic heterocycles. The molecule has 2 heterocycles. The highest BCUT2D eigenvalue weighted by Crippen LogP contribution is 2.44. The monoisotopic (exact) mass is 672 g/mol. The summed E-state index contributed by atoms with van der Waals surface area (Å²) in [5.74, 6) is 2.07. The molecule has 1 atom stereocenters. The zero-order chi connectivity index (χ0) is 33.9. The van der Waals surface area contributed by atoms with E-state index in [4.69, 9.17) is 21.1 Å². The molecule has 8 heteroatoms. The van der Waals surface area contributed by atoms with E-state index in [0.29, 0.717) is 28.5 Å². The first-order chi connectivity index (χ1) is 23.1. The minimum Gasteiger partial charge on any atom is -0.493 e. The van der Waals surface area contributed by atoms with Crippen molar-refractivity contribution in [2.75, 3.05) is 56.7 Å². The first-order valence-corrected chi connectivity index (χ1v) is 18.2. The van der Waals surface area contributed by atoms with Crippen LogP contribution in [-0.2, 0) is 11.2 Å². The molecule has 3 aliphatic rings. The fourth-order valence-corrected chi connectivity index (χ4v) is 8.13. The molecule has 1 aliphatic carbocycles. The molecule has 258 valence electrons. The van der Waals surface area contributed by atoms with Gasteiger partial charge in [0.25, 0.3) is 0 Å². The van der Waals surface area contributed by atoms with Gasteiger partial charge in [0.2, 0.25) is 5.91 Å². The normalized spacial score (nSPS) is 22.2. The van der Waals surface area contributed by atoms with Crippen molar-refractivity contribution in [2.45, 2.75) is 84.0 Å². The average Bonchev–Trinajstić information content (AvgIpc) is 3.08. The van der Waals surface area contributed by atoms with Crippen molar-refractivity contribution in [1.82, 2.24) is 9.80 Å². The van der Waals surface area contributed by atoms with Crippen LogP contribution in [0, 0.1) is 5.92 Å². The van der Waals surface area contributed by atoms with Gasteiger partial charge in [0.15, 0.2) is 11.5 Å². The number of hydrogen-bond donors (Lipinski definition) is 0. The van der Waals surface area contributed by atoms with Gasteiger partial charge in [0.05, 0.1) is 25.7 Å². The molecule has 7 nitrogen and oxygen atoms in total. The van der Waals surface area contributed by atoms with Crippen molar-refractivity contribution >= 4 is 28.9 Å². The van der Waals surface area contributed by atoms with Crippen LogP contribution in [0.2, 0.25) is 5.02 Å². The quantitative estimate of drug-likeness (QED) is 0.219. The number of hydrogen-bond acceptors (Lipinski definition) is 6. The summed E-state index contributed by atoms with van der Waals surface area (Å²) in [4.78, 5) is 23.6. The maximum absolute atomic E-state index is 14.0. The summed E-state index contributed by atoms with van der Waals surface area (Å²) in [6.45, 7) is 14.5. The van der Waals surface area contributed by atoms with E-state index in [1.807, 2.05) is 49.1 Å². The van der Waals surface area contributed by atoms with Crippen LogP contribution in [0.3, 0.4) is 0 Å². The standard InChI is InChI=1S/C40H53ClN4O3/c1-27(2)43-19-21-44(22-20-43)34-13-7-29(8-14-34)26-42(5)33-15-17-35(18-16-33)45-39(46)24-31-23-37(47-6)38(48-28(3)4)25-36(31)40(45)30-9-11-32(41)12-10-30/h9-12,15-18,23,25,27-29,34,40H,7-8,13-14,19-22,24,26H2,1-6H3/t29-,34-,40-/m0/s1. The molecule has 0 unspecified atom stereocenters. The number of ether oxygens (including phenoxy) is 2. The van der Waals surface area contributed by atoms with Crippen molar-refractivity contribution < 1.29 is 14.3 Å². The van der Waals surface area contributed by atoms with Gasteiger partial charge in [-0.1, -0.05) is 23.7 Å². The predicted molar refractivity (Wildman–Crippen MR) is 197 cm³/mol. The highest BCUT2D eigenvalue weighted by Gasteiger charge is 2.36. The summed E-state index contributed by atoms with van der Waals surface area (Å²) in [6.07, 6.45) is 5.46. The lowest BCUT2D eigenvalue weighted by Gasteiger charge is -2.43. The summed E-state index contributed by atoms with van der Waals surface area (Å²) in [5, 5.41) is 0.663. The molecule has 0 aromatic heterocycles. The summed E-state index contributed by atoms with van der Waals surface area (Å²) in [6, 6.07) is 21.4. The molecular formula is C40H53ClN4O3. The Hall–Kier alpha value is -3.26. The Labute approximate surface area is 292 Å². The van der Waals surface area contributed by atoms with Crippen molar-refractivity contribution in [3.8, 4) is 11.5 Å². The van der Waals surface area contributed by atoms with Gasteiger partial charge < -0.3 is 19.3 Å².